The molecular weight excluding hydrogens is 292 g/mol. The third kappa shape index (κ3) is 3.18. The number of hydrogen-bond donors (Lipinski definition) is 0. The van der Waals surface area contributed by atoms with Crippen molar-refractivity contribution in [3.8, 4) is 5.82 Å². The Bertz CT molecular complexity index is 656. The van der Waals surface area contributed by atoms with Crippen LogP contribution in [0.2, 0.25) is 0 Å². The van der Waals surface area contributed by atoms with Gasteiger partial charge >= 0.3 is 0 Å². The van der Waals surface area contributed by atoms with Crippen molar-refractivity contribution in [2.75, 3.05) is 31.1 Å². The summed E-state index contributed by atoms with van der Waals surface area (Å²) in [5.41, 5.74) is 0. The van der Waals surface area contributed by atoms with Crippen LogP contribution in [0, 0.1) is 5.92 Å². The summed E-state index contributed by atoms with van der Waals surface area (Å²) in [7, 11) is 0. The highest BCUT2D eigenvalue weighted by Gasteiger charge is 2.28. The molecule has 2 fully saturated rings. The smallest absolute Gasteiger partial charge is 0.222 e. The molecule has 2 aromatic heterocycles. The fourth-order valence-corrected chi connectivity index (χ4v) is 2.90. The predicted molar refractivity (Wildman–Crippen MR) is 85.3 cm³/mol. The van der Waals surface area contributed by atoms with Crippen molar-refractivity contribution in [3.63, 3.8) is 0 Å². The van der Waals surface area contributed by atoms with Gasteiger partial charge in [-0.25, -0.2) is 4.68 Å². The molecule has 1 saturated heterocycles. The Morgan fingerprint density at radius 3 is 2.43 bits per heavy atom. The van der Waals surface area contributed by atoms with E-state index in [1.807, 2.05) is 29.3 Å². The second-order valence-corrected chi connectivity index (χ2v) is 6.22. The van der Waals surface area contributed by atoms with Gasteiger partial charge in [0.25, 0.3) is 0 Å². The highest BCUT2D eigenvalue weighted by Crippen LogP contribution is 2.33. The van der Waals surface area contributed by atoms with E-state index in [9.17, 15) is 4.79 Å². The number of carbonyl (C=O) groups is 1. The quantitative estimate of drug-likeness (QED) is 0.846. The standard InChI is InChI=1S/C16H20N6O/c23-16(12-13-2-3-13)21-10-8-20(9-11-21)14-4-5-15(19-18-14)22-7-1-6-17-22/h1,4-7,13H,2-3,8-12H2. The zero-order valence-electron chi connectivity index (χ0n) is 13.0. The van der Waals surface area contributed by atoms with Crippen LogP contribution in [-0.2, 0) is 4.79 Å². The summed E-state index contributed by atoms with van der Waals surface area (Å²) < 4.78 is 1.69. The van der Waals surface area contributed by atoms with Crippen LogP contribution in [0.4, 0.5) is 5.82 Å². The topological polar surface area (TPSA) is 67.2 Å². The molecule has 0 unspecified atom stereocenters. The van der Waals surface area contributed by atoms with Crippen molar-refractivity contribution in [3.05, 3.63) is 30.6 Å². The van der Waals surface area contributed by atoms with Crippen molar-refractivity contribution in [2.45, 2.75) is 19.3 Å². The van der Waals surface area contributed by atoms with E-state index in [1.54, 1.807) is 10.9 Å². The lowest BCUT2D eigenvalue weighted by Gasteiger charge is -2.35. The monoisotopic (exact) mass is 312 g/mol. The molecule has 0 spiro atoms. The molecule has 2 aromatic rings. The van der Waals surface area contributed by atoms with Gasteiger partial charge in [0.15, 0.2) is 11.6 Å². The second-order valence-electron chi connectivity index (χ2n) is 6.22. The molecule has 4 rings (SSSR count). The molecule has 2 aliphatic rings. The number of nitrogens with zero attached hydrogens (tertiary/aromatic N) is 6. The molecule has 0 aromatic carbocycles. The summed E-state index contributed by atoms with van der Waals surface area (Å²) in [5.74, 6) is 2.53. The Morgan fingerprint density at radius 1 is 1.09 bits per heavy atom. The molecule has 23 heavy (non-hydrogen) atoms. The number of rotatable bonds is 4. The molecular formula is C16H20N6O. The average molecular weight is 312 g/mol. The summed E-state index contributed by atoms with van der Waals surface area (Å²) in [6, 6.07) is 5.74. The third-order valence-corrected chi connectivity index (χ3v) is 4.49. The number of aromatic nitrogens is 4. The van der Waals surface area contributed by atoms with Gasteiger partial charge in [-0.15, -0.1) is 10.2 Å². The van der Waals surface area contributed by atoms with Crippen molar-refractivity contribution in [1.82, 2.24) is 24.9 Å². The van der Waals surface area contributed by atoms with E-state index in [1.165, 1.54) is 12.8 Å². The first-order valence-electron chi connectivity index (χ1n) is 8.16. The van der Waals surface area contributed by atoms with E-state index < -0.39 is 0 Å². The van der Waals surface area contributed by atoms with Crippen LogP contribution in [0.1, 0.15) is 19.3 Å². The fourth-order valence-electron chi connectivity index (χ4n) is 2.90. The van der Waals surface area contributed by atoms with Gasteiger partial charge < -0.3 is 9.80 Å². The van der Waals surface area contributed by atoms with Crippen LogP contribution in [0.3, 0.4) is 0 Å². The first-order valence-corrected chi connectivity index (χ1v) is 8.16. The molecule has 120 valence electrons. The van der Waals surface area contributed by atoms with E-state index >= 15 is 0 Å². The molecule has 0 atom stereocenters. The van der Waals surface area contributed by atoms with E-state index in [2.05, 4.69) is 20.2 Å². The molecule has 0 N–H and O–H groups in total. The van der Waals surface area contributed by atoms with Gasteiger partial charge in [0.2, 0.25) is 5.91 Å². The van der Waals surface area contributed by atoms with Gasteiger partial charge in [-0.1, -0.05) is 0 Å². The maximum absolute atomic E-state index is 12.1. The summed E-state index contributed by atoms with van der Waals surface area (Å²) in [5, 5.41) is 12.7. The van der Waals surface area contributed by atoms with Gasteiger partial charge in [0.05, 0.1) is 0 Å². The molecule has 1 aliphatic carbocycles. The minimum absolute atomic E-state index is 0.312. The lowest BCUT2D eigenvalue weighted by atomic mass is 10.2. The normalized spacial score (nSPS) is 18.3. The Kier molecular flexibility index (Phi) is 3.69. The van der Waals surface area contributed by atoms with Gasteiger partial charge in [0, 0.05) is 45.0 Å². The highest BCUT2D eigenvalue weighted by atomic mass is 16.2. The van der Waals surface area contributed by atoms with E-state index in [0.717, 1.165) is 38.4 Å². The van der Waals surface area contributed by atoms with Crippen LogP contribution in [0.25, 0.3) is 5.82 Å². The summed E-state index contributed by atoms with van der Waals surface area (Å²) in [6.07, 6.45) is 6.74. The van der Waals surface area contributed by atoms with Crippen LogP contribution >= 0.6 is 0 Å². The first kappa shape index (κ1) is 14.2. The fraction of sp³-hybridized carbons (Fsp3) is 0.500. The summed E-state index contributed by atoms with van der Waals surface area (Å²) in [6.45, 7) is 3.17. The highest BCUT2D eigenvalue weighted by molar-refractivity contribution is 5.77. The molecule has 3 heterocycles. The molecule has 1 amide bonds. The van der Waals surface area contributed by atoms with Crippen LogP contribution in [0.5, 0.6) is 0 Å². The zero-order chi connectivity index (χ0) is 15.6. The molecule has 1 aliphatic heterocycles. The Labute approximate surface area is 134 Å². The molecule has 7 heteroatoms. The average Bonchev–Trinajstić information content (AvgIpc) is 3.24. The van der Waals surface area contributed by atoms with Crippen LogP contribution in [0.15, 0.2) is 30.6 Å². The Morgan fingerprint density at radius 2 is 1.83 bits per heavy atom. The van der Waals surface area contributed by atoms with Gasteiger partial charge in [-0.2, -0.15) is 5.10 Å². The third-order valence-electron chi connectivity index (χ3n) is 4.49. The van der Waals surface area contributed by atoms with Crippen LogP contribution < -0.4 is 4.90 Å². The number of piperazine rings is 1. The maximum atomic E-state index is 12.1. The number of hydrogen-bond acceptors (Lipinski definition) is 5. The number of anilines is 1. The van der Waals surface area contributed by atoms with Gasteiger partial charge in [0.1, 0.15) is 0 Å². The largest absolute Gasteiger partial charge is 0.352 e. The van der Waals surface area contributed by atoms with Gasteiger partial charge in [-0.3, -0.25) is 4.79 Å². The van der Waals surface area contributed by atoms with Crippen molar-refractivity contribution >= 4 is 11.7 Å². The first-order chi connectivity index (χ1) is 11.3. The Balaban J connectivity index is 1.35. The lowest BCUT2D eigenvalue weighted by Crippen LogP contribution is -2.49. The van der Waals surface area contributed by atoms with E-state index in [4.69, 9.17) is 0 Å². The van der Waals surface area contributed by atoms with Crippen LogP contribution in [-0.4, -0.2) is 57.0 Å². The molecule has 1 saturated carbocycles. The van der Waals surface area contributed by atoms with Crippen molar-refractivity contribution in [2.24, 2.45) is 5.92 Å². The van der Waals surface area contributed by atoms with Crippen molar-refractivity contribution in [1.29, 1.82) is 0 Å². The molecule has 0 radical (unpaired) electrons. The van der Waals surface area contributed by atoms with Crippen molar-refractivity contribution < 1.29 is 4.79 Å². The number of carbonyl (C=O) groups excluding carboxylic acids is 1. The molecule has 0 bridgehead atoms. The zero-order valence-corrected chi connectivity index (χ0v) is 13.0. The summed E-state index contributed by atoms with van der Waals surface area (Å²) >= 11 is 0. The summed E-state index contributed by atoms with van der Waals surface area (Å²) in [4.78, 5) is 16.3. The number of amides is 1. The van der Waals surface area contributed by atoms with Gasteiger partial charge in [-0.05, 0) is 37.0 Å². The SMILES string of the molecule is O=C(CC1CC1)N1CCN(c2ccc(-n3cccn3)nn2)CC1. The second kappa shape index (κ2) is 5.98. The lowest BCUT2D eigenvalue weighted by molar-refractivity contribution is -0.131. The van der Waals surface area contributed by atoms with E-state index in [-0.39, 0.29) is 0 Å². The minimum atomic E-state index is 0.312. The maximum Gasteiger partial charge on any atom is 0.222 e. The van der Waals surface area contributed by atoms with E-state index in [0.29, 0.717) is 17.6 Å². The predicted octanol–water partition coefficient (Wildman–Crippen LogP) is 1.11. The molecule has 7 nitrogen and oxygen atoms in total. The minimum Gasteiger partial charge on any atom is -0.352 e. The Hall–Kier alpha value is -2.44.